The van der Waals surface area contributed by atoms with Gasteiger partial charge in [0.1, 0.15) is 17.3 Å². The van der Waals surface area contributed by atoms with Crippen LogP contribution < -0.4 is 9.46 Å². The number of amidine groups is 1. The third kappa shape index (κ3) is 4.43. The molecule has 0 bridgehead atoms. The van der Waals surface area contributed by atoms with Crippen LogP contribution in [0.2, 0.25) is 0 Å². The van der Waals surface area contributed by atoms with Crippen LogP contribution in [0.25, 0.3) is 0 Å². The zero-order valence-corrected chi connectivity index (χ0v) is 13.8. The molecule has 138 valence electrons. The molecule has 1 aliphatic rings. The molecule has 1 heterocycles. The molecule has 2 amide bonds. The second-order valence-corrected chi connectivity index (χ2v) is 6.38. The maximum atomic E-state index is 12.4. The summed E-state index contributed by atoms with van der Waals surface area (Å²) in [5.41, 5.74) is 0. The Kier molecular flexibility index (Phi) is 4.97. The van der Waals surface area contributed by atoms with Crippen LogP contribution in [0, 0.1) is 0 Å². The van der Waals surface area contributed by atoms with Crippen LogP contribution in [-0.4, -0.2) is 57.6 Å². The number of hydrogen-bond acceptors (Lipinski definition) is 7. The molecule has 1 aromatic carbocycles. The molecule has 0 spiro atoms. The Hall–Kier alpha value is -2.70. The Morgan fingerprint density at radius 3 is 2.52 bits per heavy atom. The summed E-state index contributed by atoms with van der Waals surface area (Å²) >= 11 is 0. The van der Waals surface area contributed by atoms with Gasteiger partial charge in [0.2, 0.25) is 0 Å². The van der Waals surface area contributed by atoms with Crippen molar-refractivity contribution in [3.8, 4) is 5.75 Å². The van der Waals surface area contributed by atoms with Crippen molar-refractivity contribution in [2.75, 3.05) is 20.8 Å². The van der Waals surface area contributed by atoms with E-state index in [-0.39, 0.29) is 12.7 Å². The fourth-order valence-corrected chi connectivity index (χ4v) is 2.96. The molecule has 0 aromatic heterocycles. The Labute approximate surface area is 140 Å². The van der Waals surface area contributed by atoms with Gasteiger partial charge in [-0.15, -0.1) is 18.3 Å². The van der Waals surface area contributed by atoms with Gasteiger partial charge in [-0.3, -0.25) is 0 Å². The van der Waals surface area contributed by atoms with Crippen molar-refractivity contribution in [3.63, 3.8) is 0 Å². The summed E-state index contributed by atoms with van der Waals surface area (Å²) in [5.74, 6) is -0.963. The van der Waals surface area contributed by atoms with E-state index in [2.05, 4.69) is 9.84 Å². The lowest BCUT2D eigenvalue weighted by molar-refractivity contribution is -0.275. The van der Waals surface area contributed by atoms with E-state index in [1.54, 1.807) is 4.72 Å². The number of rotatable bonds is 3. The van der Waals surface area contributed by atoms with Crippen molar-refractivity contribution in [3.05, 3.63) is 24.3 Å². The lowest BCUT2D eigenvalue weighted by Crippen LogP contribution is -2.41. The predicted molar refractivity (Wildman–Crippen MR) is 77.8 cm³/mol. The van der Waals surface area contributed by atoms with E-state index in [9.17, 15) is 26.4 Å². The molecule has 9 nitrogen and oxygen atoms in total. The molecule has 13 heteroatoms. The summed E-state index contributed by atoms with van der Waals surface area (Å²) < 4.78 is 71.8. The van der Waals surface area contributed by atoms with Gasteiger partial charge in [-0.1, -0.05) is 12.1 Å². The van der Waals surface area contributed by atoms with Gasteiger partial charge in [-0.25, -0.2) is 17.9 Å². The first-order valence-electron chi connectivity index (χ1n) is 6.56. The number of para-hydroxylation sites is 1. The summed E-state index contributed by atoms with van der Waals surface area (Å²) in [5, 5.41) is 4.45. The zero-order chi connectivity index (χ0) is 18.8. The second-order valence-electron chi connectivity index (χ2n) is 4.73. The molecular weight excluding hydrogens is 369 g/mol. The minimum Gasteiger partial charge on any atom is -0.467 e. The van der Waals surface area contributed by atoms with E-state index in [4.69, 9.17) is 4.74 Å². The Morgan fingerprint density at radius 2 is 1.96 bits per heavy atom. The standard InChI is InChI=1S/C12H13F3N4O5S/c1-18-7-19(16-11(18)23-2)10(20)17-25(21,22)9-6-4-3-5-8(9)24-12(13,14)15/h3-6H,7H2,1-2H3,(H,17,20). The summed E-state index contributed by atoms with van der Waals surface area (Å²) in [6.45, 7) is -0.106. The highest BCUT2D eigenvalue weighted by molar-refractivity contribution is 7.90. The van der Waals surface area contributed by atoms with Gasteiger partial charge in [0.25, 0.3) is 10.0 Å². The fraction of sp³-hybridized carbons (Fsp3) is 0.333. The molecule has 0 saturated carbocycles. The number of alkyl halides is 3. The molecule has 0 atom stereocenters. The number of halogens is 3. The average molecular weight is 382 g/mol. The number of sulfonamides is 1. The van der Waals surface area contributed by atoms with Crippen molar-refractivity contribution < 1.29 is 35.9 Å². The maximum Gasteiger partial charge on any atom is 0.573 e. The van der Waals surface area contributed by atoms with E-state index in [0.29, 0.717) is 0 Å². The SMILES string of the molecule is COC1=NN(C(=O)NS(=O)(=O)c2ccccc2OC(F)(F)F)CN1C. The number of hydrogen-bond donors (Lipinski definition) is 1. The van der Waals surface area contributed by atoms with Crippen molar-refractivity contribution in [2.24, 2.45) is 5.10 Å². The van der Waals surface area contributed by atoms with Gasteiger partial charge >= 0.3 is 18.4 Å². The van der Waals surface area contributed by atoms with E-state index in [1.165, 1.54) is 25.1 Å². The molecule has 0 unspecified atom stereocenters. The van der Waals surface area contributed by atoms with Crippen molar-refractivity contribution in [1.29, 1.82) is 0 Å². The molecule has 1 aliphatic heterocycles. The highest BCUT2D eigenvalue weighted by atomic mass is 32.2. The summed E-state index contributed by atoms with van der Waals surface area (Å²) in [6, 6.07) is 2.93. The number of urea groups is 1. The first-order chi connectivity index (χ1) is 11.5. The van der Waals surface area contributed by atoms with Crippen LogP contribution in [0.4, 0.5) is 18.0 Å². The first kappa shape index (κ1) is 18.6. The maximum absolute atomic E-state index is 12.4. The van der Waals surface area contributed by atoms with Gasteiger partial charge in [-0.2, -0.15) is 5.01 Å². The number of methoxy groups -OCH3 is 1. The fourth-order valence-electron chi connectivity index (χ4n) is 1.88. The number of hydrazone groups is 1. The zero-order valence-electron chi connectivity index (χ0n) is 12.9. The van der Waals surface area contributed by atoms with E-state index in [0.717, 1.165) is 23.2 Å². The Bertz CT molecular complexity index is 796. The number of nitrogens with one attached hydrogen (secondary N) is 1. The van der Waals surface area contributed by atoms with Crippen LogP contribution >= 0.6 is 0 Å². The monoisotopic (exact) mass is 382 g/mol. The van der Waals surface area contributed by atoms with Crippen LogP contribution in [0.5, 0.6) is 5.75 Å². The highest BCUT2D eigenvalue weighted by Crippen LogP contribution is 2.29. The van der Waals surface area contributed by atoms with Gasteiger partial charge < -0.3 is 14.4 Å². The molecule has 2 rings (SSSR count). The Balaban J connectivity index is 2.23. The number of ether oxygens (including phenoxy) is 2. The number of nitrogens with zero attached hydrogens (tertiary/aromatic N) is 3. The highest BCUT2D eigenvalue weighted by Gasteiger charge is 2.35. The number of benzene rings is 1. The minimum atomic E-state index is -5.09. The van der Waals surface area contributed by atoms with Gasteiger partial charge in [0.15, 0.2) is 0 Å². The second kappa shape index (κ2) is 6.66. The number of carbonyl (C=O) groups is 1. The topological polar surface area (TPSA) is 101 Å². The molecule has 0 fully saturated rings. The molecule has 1 aromatic rings. The van der Waals surface area contributed by atoms with E-state index < -0.39 is 33.1 Å². The minimum absolute atomic E-state index is 0.0633. The average Bonchev–Trinajstić information content (AvgIpc) is 2.87. The normalized spacial score (nSPS) is 15.0. The van der Waals surface area contributed by atoms with Gasteiger partial charge in [0, 0.05) is 7.05 Å². The summed E-state index contributed by atoms with van der Waals surface area (Å²) in [7, 11) is -1.79. The predicted octanol–water partition coefficient (Wildman–Crippen LogP) is 1.11. The summed E-state index contributed by atoms with van der Waals surface area (Å²) in [4.78, 5) is 12.6. The van der Waals surface area contributed by atoms with Crippen LogP contribution in [-0.2, 0) is 14.8 Å². The Morgan fingerprint density at radius 1 is 1.32 bits per heavy atom. The van der Waals surface area contributed by atoms with E-state index >= 15 is 0 Å². The van der Waals surface area contributed by atoms with Crippen molar-refractivity contribution in [2.45, 2.75) is 11.3 Å². The number of amides is 2. The van der Waals surface area contributed by atoms with Crippen LogP contribution in [0.1, 0.15) is 0 Å². The van der Waals surface area contributed by atoms with Crippen LogP contribution in [0.3, 0.4) is 0 Å². The smallest absolute Gasteiger partial charge is 0.467 e. The van der Waals surface area contributed by atoms with Crippen molar-refractivity contribution >= 4 is 22.1 Å². The molecule has 25 heavy (non-hydrogen) atoms. The van der Waals surface area contributed by atoms with Crippen molar-refractivity contribution in [1.82, 2.24) is 14.6 Å². The molecule has 0 aliphatic carbocycles. The first-order valence-corrected chi connectivity index (χ1v) is 8.04. The third-order valence-corrected chi connectivity index (χ3v) is 4.24. The van der Waals surface area contributed by atoms with Crippen LogP contribution in [0.15, 0.2) is 34.3 Å². The quantitative estimate of drug-likeness (QED) is 0.841. The van der Waals surface area contributed by atoms with E-state index in [1.807, 2.05) is 0 Å². The lowest BCUT2D eigenvalue weighted by Gasteiger charge is -2.16. The molecular formula is C12H13F3N4O5S. The third-order valence-electron chi connectivity index (χ3n) is 2.88. The van der Waals surface area contributed by atoms with Gasteiger partial charge in [0.05, 0.1) is 7.11 Å². The lowest BCUT2D eigenvalue weighted by atomic mass is 10.3. The van der Waals surface area contributed by atoms with Gasteiger partial charge in [-0.05, 0) is 12.1 Å². The largest absolute Gasteiger partial charge is 0.573 e. The molecule has 0 saturated heterocycles. The number of carbonyl (C=O) groups excluding carboxylic acids is 1. The molecule has 0 radical (unpaired) electrons. The molecule has 1 N–H and O–H groups in total. The summed E-state index contributed by atoms with van der Waals surface area (Å²) in [6.07, 6.45) is -5.09.